The Bertz CT molecular complexity index is 844. The molecule has 1 amide bonds. The monoisotopic (exact) mass is 363 g/mol. The van der Waals surface area contributed by atoms with Crippen LogP contribution in [0.2, 0.25) is 0 Å². The largest absolute Gasteiger partial charge is 0.481 e. The number of terminal acetylenes is 1. The van der Waals surface area contributed by atoms with Crippen molar-refractivity contribution in [3.05, 3.63) is 65.7 Å². The smallest absolute Gasteiger partial charge is 0.314 e. The summed E-state index contributed by atoms with van der Waals surface area (Å²) in [7, 11) is 0. The number of amides is 1. The Labute approximate surface area is 158 Å². The highest BCUT2D eigenvalue weighted by molar-refractivity contribution is 5.94. The number of hydrogen-bond acceptors (Lipinski definition) is 3. The minimum absolute atomic E-state index is 0.106. The highest BCUT2D eigenvalue weighted by atomic mass is 16.5. The van der Waals surface area contributed by atoms with E-state index in [0.717, 1.165) is 5.56 Å². The highest BCUT2D eigenvalue weighted by Gasteiger charge is 2.43. The SMILES string of the molecule is C#CCOc1ccc(C(=O)N2CCC(C(=O)O)(c3ccccc3)CC2)cc1. The van der Waals surface area contributed by atoms with Gasteiger partial charge in [-0.1, -0.05) is 36.3 Å². The Morgan fingerprint density at radius 3 is 2.26 bits per heavy atom. The molecule has 1 aliphatic rings. The molecule has 0 saturated carbocycles. The molecule has 0 radical (unpaired) electrons. The van der Waals surface area contributed by atoms with E-state index in [9.17, 15) is 14.7 Å². The molecule has 0 aliphatic carbocycles. The van der Waals surface area contributed by atoms with Crippen LogP contribution in [-0.2, 0) is 10.2 Å². The number of ether oxygens (including phenoxy) is 1. The summed E-state index contributed by atoms with van der Waals surface area (Å²) in [5.41, 5.74) is 0.399. The third-order valence-electron chi connectivity index (χ3n) is 5.06. The molecule has 0 spiro atoms. The standard InChI is InChI=1S/C22H21NO4/c1-2-16-27-19-10-8-17(9-11-19)20(24)23-14-12-22(13-15-23,21(25)26)18-6-4-3-5-7-18/h1,3-11H,12-16H2,(H,25,26). The first-order valence-electron chi connectivity index (χ1n) is 8.81. The Morgan fingerprint density at radius 1 is 1.07 bits per heavy atom. The molecule has 27 heavy (non-hydrogen) atoms. The van der Waals surface area contributed by atoms with Crippen LogP contribution in [0.5, 0.6) is 5.75 Å². The second-order valence-electron chi connectivity index (χ2n) is 6.56. The minimum Gasteiger partial charge on any atom is -0.481 e. The number of likely N-dealkylation sites (tertiary alicyclic amines) is 1. The lowest BCUT2D eigenvalue weighted by molar-refractivity contribution is -0.145. The Hall–Kier alpha value is -3.26. The van der Waals surface area contributed by atoms with Gasteiger partial charge < -0.3 is 14.7 Å². The third kappa shape index (κ3) is 3.80. The zero-order valence-electron chi connectivity index (χ0n) is 14.9. The van der Waals surface area contributed by atoms with Crippen LogP contribution in [-0.4, -0.2) is 41.6 Å². The van der Waals surface area contributed by atoms with E-state index in [0.29, 0.717) is 37.2 Å². The molecule has 0 aromatic heterocycles. The van der Waals surface area contributed by atoms with Crippen molar-refractivity contribution in [1.29, 1.82) is 0 Å². The topological polar surface area (TPSA) is 66.8 Å². The van der Waals surface area contributed by atoms with Gasteiger partial charge in [0.05, 0.1) is 5.41 Å². The van der Waals surface area contributed by atoms with Crippen LogP contribution in [0.1, 0.15) is 28.8 Å². The molecule has 1 aliphatic heterocycles. The van der Waals surface area contributed by atoms with Crippen molar-refractivity contribution in [1.82, 2.24) is 4.90 Å². The summed E-state index contributed by atoms with van der Waals surface area (Å²) in [4.78, 5) is 26.5. The van der Waals surface area contributed by atoms with E-state index < -0.39 is 11.4 Å². The van der Waals surface area contributed by atoms with Crippen LogP contribution in [0.4, 0.5) is 0 Å². The van der Waals surface area contributed by atoms with Crippen LogP contribution >= 0.6 is 0 Å². The van der Waals surface area contributed by atoms with Crippen molar-refractivity contribution < 1.29 is 19.4 Å². The molecule has 1 saturated heterocycles. The van der Waals surface area contributed by atoms with Gasteiger partial charge in [0.25, 0.3) is 5.91 Å². The summed E-state index contributed by atoms with van der Waals surface area (Å²) in [6.45, 7) is 0.973. The lowest BCUT2D eigenvalue weighted by atomic mass is 9.73. The fourth-order valence-corrected chi connectivity index (χ4v) is 3.48. The highest BCUT2D eigenvalue weighted by Crippen LogP contribution is 2.36. The van der Waals surface area contributed by atoms with Crippen LogP contribution in [0.15, 0.2) is 54.6 Å². The van der Waals surface area contributed by atoms with E-state index in [1.54, 1.807) is 29.2 Å². The minimum atomic E-state index is -0.940. The zero-order valence-corrected chi connectivity index (χ0v) is 14.9. The number of piperidine rings is 1. The van der Waals surface area contributed by atoms with Crippen molar-refractivity contribution in [2.45, 2.75) is 18.3 Å². The number of nitrogens with zero attached hydrogens (tertiary/aromatic N) is 1. The van der Waals surface area contributed by atoms with Crippen molar-refractivity contribution >= 4 is 11.9 Å². The fourth-order valence-electron chi connectivity index (χ4n) is 3.48. The van der Waals surface area contributed by atoms with Crippen molar-refractivity contribution in [3.8, 4) is 18.1 Å². The summed E-state index contributed by atoms with van der Waals surface area (Å²) < 4.78 is 5.31. The average molecular weight is 363 g/mol. The predicted octanol–water partition coefficient (Wildman–Crippen LogP) is 2.96. The molecule has 2 aromatic carbocycles. The van der Waals surface area contributed by atoms with Gasteiger partial charge in [-0.15, -0.1) is 6.42 Å². The summed E-state index contributed by atoms with van der Waals surface area (Å²) in [6.07, 6.45) is 5.94. The molecular weight excluding hydrogens is 342 g/mol. The van der Waals surface area contributed by atoms with Crippen LogP contribution < -0.4 is 4.74 Å². The molecule has 2 aromatic rings. The number of carbonyl (C=O) groups is 2. The Morgan fingerprint density at radius 2 is 1.70 bits per heavy atom. The molecule has 0 bridgehead atoms. The molecule has 5 heteroatoms. The quantitative estimate of drug-likeness (QED) is 0.830. The molecular formula is C22H21NO4. The number of carboxylic acid groups (broad SMARTS) is 1. The van der Waals surface area contributed by atoms with Gasteiger partial charge in [-0.3, -0.25) is 9.59 Å². The summed E-state index contributed by atoms with van der Waals surface area (Å²) in [5, 5.41) is 9.85. The van der Waals surface area contributed by atoms with E-state index in [4.69, 9.17) is 11.2 Å². The average Bonchev–Trinajstić information content (AvgIpc) is 2.72. The van der Waals surface area contributed by atoms with Crippen molar-refractivity contribution in [3.63, 3.8) is 0 Å². The van der Waals surface area contributed by atoms with Gasteiger partial charge in [0, 0.05) is 18.7 Å². The maximum absolute atomic E-state index is 12.7. The van der Waals surface area contributed by atoms with E-state index in [1.807, 2.05) is 30.3 Å². The summed E-state index contributed by atoms with van der Waals surface area (Å²) in [6, 6.07) is 16.1. The lowest BCUT2D eigenvalue weighted by Gasteiger charge is -2.39. The molecule has 1 heterocycles. The van der Waals surface area contributed by atoms with E-state index in [2.05, 4.69) is 5.92 Å². The number of hydrogen-bond donors (Lipinski definition) is 1. The number of rotatable bonds is 5. The lowest BCUT2D eigenvalue weighted by Crippen LogP contribution is -2.49. The van der Waals surface area contributed by atoms with Crippen molar-refractivity contribution in [2.24, 2.45) is 0 Å². The number of carbonyl (C=O) groups excluding carboxylic acids is 1. The molecule has 138 valence electrons. The van der Waals surface area contributed by atoms with Crippen LogP contribution in [0.25, 0.3) is 0 Å². The second kappa shape index (κ2) is 7.96. The molecule has 3 rings (SSSR count). The van der Waals surface area contributed by atoms with Crippen LogP contribution in [0, 0.1) is 12.3 Å². The fraction of sp³-hybridized carbons (Fsp3) is 0.273. The van der Waals surface area contributed by atoms with E-state index >= 15 is 0 Å². The normalized spacial score (nSPS) is 15.6. The van der Waals surface area contributed by atoms with Gasteiger partial charge >= 0.3 is 5.97 Å². The summed E-state index contributed by atoms with van der Waals surface area (Å²) >= 11 is 0. The number of aliphatic carboxylic acids is 1. The van der Waals surface area contributed by atoms with Crippen LogP contribution in [0.3, 0.4) is 0 Å². The van der Waals surface area contributed by atoms with E-state index in [1.165, 1.54) is 0 Å². The zero-order chi connectivity index (χ0) is 19.3. The first-order valence-corrected chi connectivity index (χ1v) is 8.81. The Kier molecular flexibility index (Phi) is 5.46. The van der Waals surface area contributed by atoms with Gasteiger partial charge in [-0.25, -0.2) is 0 Å². The maximum Gasteiger partial charge on any atom is 0.314 e. The van der Waals surface area contributed by atoms with Crippen molar-refractivity contribution in [2.75, 3.05) is 19.7 Å². The molecule has 0 unspecified atom stereocenters. The number of benzene rings is 2. The predicted molar refractivity (Wildman–Crippen MR) is 102 cm³/mol. The molecule has 1 N–H and O–H groups in total. The Balaban J connectivity index is 1.70. The van der Waals surface area contributed by atoms with Gasteiger partial charge in [-0.05, 0) is 42.7 Å². The van der Waals surface area contributed by atoms with Gasteiger partial charge in [0.2, 0.25) is 0 Å². The third-order valence-corrected chi connectivity index (χ3v) is 5.06. The second-order valence-corrected chi connectivity index (χ2v) is 6.56. The number of carboxylic acids is 1. The molecule has 0 atom stereocenters. The molecule has 1 fully saturated rings. The van der Waals surface area contributed by atoms with Gasteiger partial charge in [-0.2, -0.15) is 0 Å². The van der Waals surface area contributed by atoms with E-state index in [-0.39, 0.29) is 12.5 Å². The first kappa shape index (κ1) is 18.5. The maximum atomic E-state index is 12.7. The molecule has 5 nitrogen and oxygen atoms in total. The van der Waals surface area contributed by atoms with Gasteiger partial charge in [0.15, 0.2) is 0 Å². The van der Waals surface area contributed by atoms with Gasteiger partial charge in [0.1, 0.15) is 12.4 Å². The summed E-state index contributed by atoms with van der Waals surface area (Å²) in [5.74, 6) is 2.06. The first-order chi connectivity index (χ1) is 13.1.